The smallest absolute Gasteiger partial charge is 0.223 e. The van der Waals surface area contributed by atoms with Crippen molar-refractivity contribution in [3.05, 3.63) is 58.6 Å². The molecule has 2 fully saturated rings. The maximum atomic E-state index is 13.5. The van der Waals surface area contributed by atoms with Gasteiger partial charge in [0.1, 0.15) is 0 Å². The van der Waals surface area contributed by atoms with Crippen molar-refractivity contribution in [2.24, 2.45) is 0 Å². The zero-order chi connectivity index (χ0) is 19.2. The number of carbonyl (C=O) groups excluding carboxylic acids is 2. The van der Waals surface area contributed by atoms with Crippen LogP contribution in [0.4, 0.5) is 0 Å². The molecule has 0 N–H and O–H groups in total. The zero-order valence-electron chi connectivity index (χ0n) is 15.1. The van der Waals surface area contributed by atoms with E-state index >= 15 is 0 Å². The van der Waals surface area contributed by atoms with E-state index in [1.165, 1.54) is 11.8 Å². The Morgan fingerprint density at radius 3 is 2.22 bits per heavy atom. The number of ketones is 1. The van der Waals surface area contributed by atoms with Gasteiger partial charge in [-0.1, -0.05) is 78.5 Å². The van der Waals surface area contributed by atoms with E-state index in [-0.39, 0.29) is 10.9 Å². The Morgan fingerprint density at radius 1 is 0.926 bits per heavy atom. The highest BCUT2D eigenvalue weighted by Gasteiger charge is 2.63. The van der Waals surface area contributed by atoms with Gasteiger partial charge in [0.25, 0.3) is 0 Å². The van der Waals surface area contributed by atoms with E-state index in [9.17, 15) is 9.59 Å². The first-order valence-corrected chi connectivity index (χ1v) is 10.8. The van der Waals surface area contributed by atoms with Crippen molar-refractivity contribution >= 4 is 45.9 Å². The van der Waals surface area contributed by atoms with Crippen molar-refractivity contribution in [3.8, 4) is 11.1 Å². The molecule has 1 unspecified atom stereocenters. The Balaban J connectivity index is 1.80. The summed E-state index contributed by atoms with van der Waals surface area (Å²) in [6, 6.07) is 13.3. The second-order valence-corrected chi connectivity index (χ2v) is 9.83. The minimum Gasteiger partial charge on any atom is -0.295 e. The second-order valence-electron chi connectivity index (χ2n) is 7.47. The minimum atomic E-state index is -1.59. The lowest BCUT2D eigenvalue weighted by Crippen LogP contribution is -2.42. The van der Waals surface area contributed by atoms with E-state index in [4.69, 9.17) is 23.2 Å². The Labute approximate surface area is 173 Å². The third kappa shape index (κ3) is 3.04. The standard InChI is InChI=1S/C22H20Cl2O2S/c1-14-5-6-16(15-7-9-17(23)10-8-15)13-18(14)22(24)19(25)21(27-20(22)26)11-3-2-4-12-21/h5-10,13H,2-4,11-12H2,1H3. The van der Waals surface area contributed by atoms with Crippen LogP contribution in [-0.4, -0.2) is 15.6 Å². The largest absolute Gasteiger partial charge is 0.295 e. The van der Waals surface area contributed by atoms with E-state index in [1.54, 1.807) is 0 Å². The van der Waals surface area contributed by atoms with Crippen molar-refractivity contribution in [3.63, 3.8) is 0 Å². The summed E-state index contributed by atoms with van der Waals surface area (Å²) in [6.07, 6.45) is 4.55. The monoisotopic (exact) mass is 418 g/mol. The first kappa shape index (κ1) is 19.0. The van der Waals surface area contributed by atoms with Crippen LogP contribution in [-0.2, 0) is 14.5 Å². The number of aryl methyl sites for hydroxylation is 1. The van der Waals surface area contributed by atoms with Crippen molar-refractivity contribution in [1.82, 2.24) is 0 Å². The van der Waals surface area contributed by atoms with Gasteiger partial charge in [-0.3, -0.25) is 9.59 Å². The van der Waals surface area contributed by atoms with Gasteiger partial charge in [0.2, 0.25) is 5.12 Å². The SMILES string of the molecule is Cc1ccc(-c2ccc(Cl)cc2)cc1C1(Cl)C(=O)SC2(CCCCC2)C1=O. The molecular weight excluding hydrogens is 399 g/mol. The predicted octanol–water partition coefficient (Wildman–Crippen LogP) is 6.29. The van der Waals surface area contributed by atoms with Gasteiger partial charge in [-0.2, -0.15) is 0 Å². The van der Waals surface area contributed by atoms with Crippen LogP contribution in [0.2, 0.25) is 5.02 Å². The number of hydrogen-bond donors (Lipinski definition) is 0. The summed E-state index contributed by atoms with van der Waals surface area (Å²) < 4.78 is -0.639. The number of alkyl halides is 1. The summed E-state index contributed by atoms with van der Waals surface area (Å²) in [4.78, 5) is 24.9. The quantitative estimate of drug-likeness (QED) is 0.424. The van der Waals surface area contributed by atoms with Crippen LogP contribution in [0.5, 0.6) is 0 Å². The first-order chi connectivity index (χ1) is 12.9. The Morgan fingerprint density at radius 2 is 1.56 bits per heavy atom. The summed E-state index contributed by atoms with van der Waals surface area (Å²) in [5.41, 5.74) is 3.36. The molecule has 0 aromatic heterocycles. The molecule has 2 aromatic rings. The molecule has 4 rings (SSSR count). The van der Waals surface area contributed by atoms with Crippen LogP contribution in [0.1, 0.15) is 43.2 Å². The van der Waals surface area contributed by atoms with Crippen LogP contribution in [0.3, 0.4) is 0 Å². The minimum absolute atomic E-state index is 0.122. The summed E-state index contributed by atoms with van der Waals surface area (Å²) in [5.74, 6) is -0.122. The van der Waals surface area contributed by atoms with E-state index in [0.717, 1.165) is 48.8 Å². The van der Waals surface area contributed by atoms with Crippen molar-refractivity contribution in [2.75, 3.05) is 0 Å². The fourth-order valence-corrected chi connectivity index (χ4v) is 6.32. The fourth-order valence-electron chi connectivity index (χ4n) is 4.20. The topological polar surface area (TPSA) is 34.1 Å². The average Bonchev–Trinajstić information content (AvgIpc) is 2.85. The molecule has 1 saturated carbocycles. The van der Waals surface area contributed by atoms with E-state index in [2.05, 4.69) is 0 Å². The predicted molar refractivity (Wildman–Crippen MR) is 113 cm³/mol. The average molecular weight is 419 g/mol. The van der Waals surface area contributed by atoms with Crippen LogP contribution < -0.4 is 0 Å². The van der Waals surface area contributed by atoms with Gasteiger partial charge in [0.15, 0.2) is 10.7 Å². The third-order valence-corrected chi connectivity index (χ3v) is 8.13. The molecule has 0 radical (unpaired) electrons. The van der Waals surface area contributed by atoms with Crippen LogP contribution in [0.15, 0.2) is 42.5 Å². The number of halogens is 2. The zero-order valence-corrected chi connectivity index (χ0v) is 17.4. The highest BCUT2D eigenvalue weighted by molar-refractivity contribution is 8.16. The number of hydrogen-bond acceptors (Lipinski definition) is 3. The van der Waals surface area contributed by atoms with Crippen LogP contribution in [0, 0.1) is 6.92 Å². The van der Waals surface area contributed by atoms with E-state index in [0.29, 0.717) is 10.6 Å². The van der Waals surface area contributed by atoms with Gasteiger partial charge >= 0.3 is 0 Å². The molecular formula is C22H20Cl2O2S. The number of carbonyl (C=O) groups is 2. The second kappa shape index (κ2) is 6.95. The highest BCUT2D eigenvalue weighted by atomic mass is 35.5. The highest BCUT2D eigenvalue weighted by Crippen LogP contribution is 2.56. The molecule has 2 aliphatic rings. The Hall–Kier alpha value is -1.29. The molecule has 2 aromatic carbocycles. The first-order valence-electron chi connectivity index (χ1n) is 9.21. The van der Waals surface area contributed by atoms with Crippen molar-refractivity contribution in [1.29, 1.82) is 0 Å². The molecule has 1 aliphatic carbocycles. The number of rotatable bonds is 2. The normalized spacial score (nSPS) is 24.6. The van der Waals surface area contributed by atoms with Crippen LogP contribution in [0.25, 0.3) is 11.1 Å². The van der Waals surface area contributed by atoms with Crippen LogP contribution >= 0.6 is 35.0 Å². The van der Waals surface area contributed by atoms with Gasteiger partial charge in [0, 0.05) is 5.02 Å². The molecule has 1 atom stereocenters. The molecule has 1 aliphatic heterocycles. The number of benzene rings is 2. The lowest BCUT2D eigenvalue weighted by Gasteiger charge is -2.31. The van der Waals surface area contributed by atoms with Gasteiger partial charge in [0.05, 0.1) is 4.75 Å². The molecule has 5 heteroatoms. The summed E-state index contributed by atoms with van der Waals surface area (Å²) >= 11 is 14.0. The lowest BCUT2D eigenvalue weighted by atomic mass is 9.78. The fraction of sp³-hybridized carbons (Fsp3) is 0.364. The van der Waals surface area contributed by atoms with E-state index < -0.39 is 9.62 Å². The summed E-state index contributed by atoms with van der Waals surface area (Å²) in [6.45, 7) is 1.90. The molecule has 140 valence electrons. The van der Waals surface area contributed by atoms with Gasteiger partial charge < -0.3 is 0 Å². The van der Waals surface area contributed by atoms with Gasteiger partial charge in [-0.25, -0.2) is 0 Å². The lowest BCUT2D eigenvalue weighted by molar-refractivity contribution is -0.127. The number of Topliss-reactive ketones (excluding diaryl/α,β-unsaturated/α-hetero) is 1. The molecule has 1 spiro atoms. The summed E-state index contributed by atoms with van der Waals surface area (Å²) in [5, 5.41) is 0.434. The van der Waals surface area contributed by atoms with E-state index in [1.807, 2.05) is 49.4 Å². The van der Waals surface area contributed by atoms with Gasteiger partial charge in [-0.15, -0.1) is 0 Å². The number of thioether (sulfide) groups is 1. The molecule has 1 saturated heterocycles. The van der Waals surface area contributed by atoms with Gasteiger partial charge in [-0.05, 0) is 60.2 Å². The molecule has 0 bridgehead atoms. The maximum Gasteiger partial charge on any atom is 0.223 e. The summed E-state index contributed by atoms with van der Waals surface area (Å²) in [7, 11) is 0. The third-order valence-electron chi connectivity index (χ3n) is 5.74. The molecule has 0 amide bonds. The maximum absolute atomic E-state index is 13.5. The Kier molecular flexibility index (Phi) is 4.90. The Bertz CT molecular complexity index is 916. The molecule has 1 heterocycles. The molecule has 2 nitrogen and oxygen atoms in total. The molecule has 27 heavy (non-hydrogen) atoms. The van der Waals surface area contributed by atoms with Crippen molar-refractivity contribution in [2.45, 2.75) is 48.6 Å². The van der Waals surface area contributed by atoms with Crippen molar-refractivity contribution < 1.29 is 9.59 Å².